The molecular formula is C13H16N2OS. The molecule has 4 heteroatoms. The molecule has 0 aromatic carbocycles. The molecule has 1 heterocycles. The summed E-state index contributed by atoms with van der Waals surface area (Å²) in [5, 5.41) is 10.6. The van der Waals surface area contributed by atoms with Crippen molar-refractivity contribution >= 4 is 17.2 Å². The van der Waals surface area contributed by atoms with Gasteiger partial charge in [-0.25, -0.2) is 0 Å². The molecule has 0 spiro atoms. The summed E-state index contributed by atoms with van der Waals surface area (Å²) < 4.78 is 0. The third-order valence-electron chi connectivity index (χ3n) is 3.22. The number of hydrogen-bond donors (Lipinski definition) is 0. The number of carbonyl (C=O) groups is 1. The normalized spacial score (nSPS) is 15.7. The van der Waals surface area contributed by atoms with E-state index in [4.69, 9.17) is 5.26 Å². The van der Waals surface area contributed by atoms with Crippen LogP contribution in [0.3, 0.4) is 0 Å². The van der Waals surface area contributed by atoms with Crippen molar-refractivity contribution in [3.8, 4) is 6.07 Å². The first-order valence-corrected chi connectivity index (χ1v) is 6.92. The zero-order valence-electron chi connectivity index (χ0n) is 9.76. The van der Waals surface area contributed by atoms with Crippen molar-refractivity contribution in [2.75, 3.05) is 6.54 Å². The maximum absolute atomic E-state index is 12.3. The summed E-state index contributed by atoms with van der Waals surface area (Å²) in [4.78, 5) is 15.0. The summed E-state index contributed by atoms with van der Waals surface area (Å²) in [5.41, 5.74) is 0. The highest BCUT2D eigenvalue weighted by molar-refractivity contribution is 7.12. The largest absolute Gasteiger partial charge is 0.334 e. The minimum absolute atomic E-state index is 0.0992. The lowest BCUT2D eigenvalue weighted by Gasteiger charge is -2.27. The number of amides is 1. The van der Waals surface area contributed by atoms with Gasteiger partial charge in [-0.05, 0) is 24.3 Å². The Hall–Kier alpha value is -1.34. The number of nitriles is 1. The van der Waals surface area contributed by atoms with E-state index < -0.39 is 0 Å². The average Bonchev–Trinajstić information content (AvgIpc) is 3.02. The van der Waals surface area contributed by atoms with Crippen LogP contribution in [-0.4, -0.2) is 23.4 Å². The van der Waals surface area contributed by atoms with Crippen LogP contribution < -0.4 is 0 Å². The molecule has 0 saturated heterocycles. The number of rotatable bonds is 4. The van der Waals surface area contributed by atoms with Crippen molar-refractivity contribution in [1.29, 1.82) is 5.26 Å². The Morgan fingerprint density at radius 2 is 2.29 bits per heavy atom. The fourth-order valence-corrected chi connectivity index (χ4v) is 3.06. The Labute approximate surface area is 106 Å². The molecule has 1 aromatic rings. The van der Waals surface area contributed by atoms with Crippen LogP contribution in [0.4, 0.5) is 0 Å². The summed E-state index contributed by atoms with van der Waals surface area (Å²) >= 11 is 1.48. The van der Waals surface area contributed by atoms with Crippen LogP contribution in [0.2, 0.25) is 0 Å². The Balaban J connectivity index is 2.09. The molecule has 0 bridgehead atoms. The van der Waals surface area contributed by atoms with E-state index in [1.54, 1.807) is 0 Å². The second kappa shape index (κ2) is 5.83. The fourth-order valence-electron chi connectivity index (χ4n) is 2.38. The van der Waals surface area contributed by atoms with Crippen molar-refractivity contribution in [1.82, 2.24) is 4.90 Å². The van der Waals surface area contributed by atoms with Crippen LogP contribution in [0.15, 0.2) is 17.5 Å². The Bertz CT molecular complexity index is 402. The maximum atomic E-state index is 12.3. The second-order valence-corrected chi connectivity index (χ2v) is 5.27. The molecule has 0 atom stereocenters. The van der Waals surface area contributed by atoms with Crippen molar-refractivity contribution in [2.24, 2.45) is 0 Å². The van der Waals surface area contributed by atoms with Gasteiger partial charge in [0.25, 0.3) is 5.91 Å². The predicted molar refractivity (Wildman–Crippen MR) is 67.8 cm³/mol. The van der Waals surface area contributed by atoms with Crippen molar-refractivity contribution < 1.29 is 4.79 Å². The van der Waals surface area contributed by atoms with E-state index in [-0.39, 0.29) is 5.91 Å². The molecule has 3 nitrogen and oxygen atoms in total. The standard InChI is InChI=1S/C13H16N2OS/c14-8-4-9-15(11-5-1-2-6-11)13(16)12-7-3-10-17-12/h3,7,10-11H,1-2,4-6,9H2. The summed E-state index contributed by atoms with van der Waals surface area (Å²) in [7, 11) is 0. The lowest BCUT2D eigenvalue weighted by Crippen LogP contribution is -2.39. The van der Waals surface area contributed by atoms with Gasteiger partial charge in [0.05, 0.1) is 17.4 Å². The molecule has 1 amide bonds. The van der Waals surface area contributed by atoms with Crippen LogP contribution in [0.25, 0.3) is 0 Å². The minimum Gasteiger partial charge on any atom is -0.334 e. The third-order valence-corrected chi connectivity index (χ3v) is 4.08. The van der Waals surface area contributed by atoms with Gasteiger partial charge < -0.3 is 4.90 Å². The smallest absolute Gasteiger partial charge is 0.264 e. The van der Waals surface area contributed by atoms with Gasteiger partial charge in [-0.15, -0.1) is 11.3 Å². The van der Waals surface area contributed by atoms with Gasteiger partial charge in [0.15, 0.2) is 0 Å². The molecule has 0 N–H and O–H groups in total. The molecule has 1 aromatic heterocycles. The van der Waals surface area contributed by atoms with Crippen molar-refractivity contribution in [3.05, 3.63) is 22.4 Å². The van der Waals surface area contributed by atoms with Crippen LogP contribution in [0.5, 0.6) is 0 Å². The first-order valence-electron chi connectivity index (χ1n) is 6.04. The van der Waals surface area contributed by atoms with Crippen LogP contribution in [0, 0.1) is 11.3 Å². The number of nitrogens with zero attached hydrogens (tertiary/aromatic N) is 2. The fraction of sp³-hybridized carbons (Fsp3) is 0.538. The van der Waals surface area contributed by atoms with E-state index in [1.165, 1.54) is 24.2 Å². The lowest BCUT2D eigenvalue weighted by molar-refractivity contribution is 0.0691. The maximum Gasteiger partial charge on any atom is 0.264 e. The van der Waals surface area contributed by atoms with Crippen molar-refractivity contribution in [3.63, 3.8) is 0 Å². The molecule has 1 fully saturated rings. The highest BCUT2D eigenvalue weighted by atomic mass is 32.1. The van der Waals surface area contributed by atoms with E-state index >= 15 is 0 Å². The van der Waals surface area contributed by atoms with Gasteiger partial charge in [-0.1, -0.05) is 18.9 Å². The molecule has 1 aliphatic rings. The monoisotopic (exact) mass is 248 g/mol. The molecule has 0 radical (unpaired) electrons. The van der Waals surface area contributed by atoms with E-state index in [0.717, 1.165) is 17.7 Å². The second-order valence-electron chi connectivity index (χ2n) is 4.32. The highest BCUT2D eigenvalue weighted by Gasteiger charge is 2.27. The average molecular weight is 248 g/mol. The molecule has 0 aliphatic heterocycles. The van der Waals surface area contributed by atoms with E-state index in [9.17, 15) is 4.79 Å². The zero-order chi connectivity index (χ0) is 12.1. The van der Waals surface area contributed by atoms with Gasteiger partial charge in [0.2, 0.25) is 0 Å². The molecule has 17 heavy (non-hydrogen) atoms. The van der Waals surface area contributed by atoms with E-state index in [1.807, 2.05) is 22.4 Å². The molecule has 1 saturated carbocycles. The molecular weight excluding hydrogens is 232 g/mol. The van der Waals surface area contributed by atoms with E-state index in [0.29, 0.717) is 19.0 Å². The number of hydrogen-bond acceptors (Lipinski definition) is 3. The van der Waals surface area contributed by atoms with Crippen molar-refractivity contribution in [2.45, 2.75) is 38.1 Å². The molecule has 90 valence electrons. The van der Waals surface area contributed by atoms with Gasteiger partial charge in [-0.3, -0.25) is 4.79 Å². The topological polar surface area (TPSA) is 44.1 Å². The van der Waals surface area contributed by atoms with Gasteiger partial charge in [0, 0.05) is 12.6 Å². The number of carbonyl (C=O) groups excluding carboxylic acids is 1. The molecule has 0 unspecified atom stereocenters. The Kier molecular flexibility index (Phi) is 4.16. The van der Waals surface area contributed by atoms with Crippen LogP contribution in [0.1, 0.15) is 41.8 Å². The Morgan fingerprint density at radius 1 is 1.53 bits per heavy atom. The van der Waals surface area contributed by atoms with Gasteiger partial charge >= 0.3 is 0 Å². The zero-order valence-corrected chi connectivity index (χ0v) is 10.6. The quantitative estimate of drug-likeness (QED) is 0.822. The first-order chi connectivity index (χ1) is 8.33. The highest BCUT2D eigenvalue weighted by Crippen LogP contribution is 2.26. The van der Waals surface area contributed by atoms with Gasteiger partial charge in [0.1, 0.15) is 0 Å². The van der Waals surface area contributed by atoms with Crippen LogP contribution >= 0.6 is 11.3 Å². The summed E-state index contributed by atoms with van der Waals surface area (Å²) in [5.74, 6) is 0.0992. The third kappa shape index (κ3) is 2.86. The first kappa shape index (κ1) is 12.1. The van der Waals surface area contributed by atoms with Gasteiger partial charge in [-0.2, -0.15) is 5.26 Å². The summed E-state index contributed by atoms with van der Waals surface area (Å²) in [6, 6.07) is 6.24. The number of thiophene rings is 1. The minimum atomic E-state index is 0.0992. The predicted octanol–water partition coefficient (Wildman–Crippen LogP) is 3.05. The summed E-state index contributed by atoms with van der Waals surface area (Å²) in [6.45, 7) is 0.567. The summed E-state index contributed by atoms with van der Waals surface area (Å²) in [6.07, 6.45) is 5.00. The SMILES string of the molecule is N#CCCN(C(=O)c1cccs1)C1CCCC1. The van der Waals surface area contributed by atoms with Crippen LogP contribution in [-0.2, 0) is 0 Å². The Morgan fingerprint density at radius 3 is 2.88 bits per heavy atom. The van der Waals surface area contributed by atoms with E-state index in [2.05, 4.69) is 6.07 Å². The molecule has 1 aliphatic carbocycles. The molecule has 2 rings (SSSR count). The lowest BCUT2D eigenvalue weighted by atomic mass is 10.2.